The normalized spacial score (nSPS) is 10.1. The largest absolute Gasteiger partial charge is 0.508 e. The molecule has 5 nitrogen and oxygen atoms in total. The number of carbonyl (C=O) groups excluding carboxylic acids is 1. The van der Waals surface area contributed by atoms with Crippen LogP contribution in [0.15, 0.2) is 42.5 Å². The number of nitrogens with two attached hydrogens (primary N) is 1. The monoisotopic (exact) mass is 271 g/mol. The Balaban J connectivity index is 2.17. The number of aromatic hydroxyl groups is 1. The lowest BCUT2D eigenvalue weighted by atomic mass is 10.1. The first kappa shape index (κ1) is 13.7. The number of amides is 1. The van der Waals surface area contributed by atoms with Gasteiger partial charge in [0.15, 0.2) is 0 Å². The fourth-order valence-electron chi connectivity index (χ4n) is 1.85. The van der Waals surface area contributed by atoms with E-state index in [9.17, 15) is 9.90 Å². The quantitative estimate of drug-likeness (QED) is 0.591. The first-order valence-corrected chi connectivity index (χ1v) is 6.14. The van der Waals surface area contributed by atoms with E-state index in [1.165, 1.54) is 12.1 Å². The minimum absolute atomic E-state index is 0.155. The lowest BCUT2D eigenvalue weighted by Crippen LogP contribution is -2.14. The van der Waals surface area contributed by atoms with Crippen LogP contribution in [0.2, 0.25) is 0 Å². The van der Waals surface area contributed by atoms with Crippen molar-refractivity contribution in [3.8, 4) is 5.75 Å². The van der Waals surface area contributed by atoms with Crippen molar-refractivity contribution in [1.29, 1.82) is 0 Å². The van der Waals surface area contributed by atoms with E-state index in [2.05, 4.69) is 5.32 Å². The Morgan fingerprint density at radius 2 is 1.80 bits per heavy atom. The van der Waals surface area contributed by atoms with Crippen molar-refractivity contribution < 1.29 is 9.90 Å². The van der Waals surface area contributed by atoms with Crippen molar-refractivity contribution in [2.75, 3.05) is 30.0 Å². The minimum Gasteiger partial charge on any atom is -0.508 e. The number of anilines is 3. The zero-order chi connectivity index (χ0) is 14.7. The van der Waals surface area contributed by atoms with Crippen LogP contribution >= 0.6 is 0 Å². The molecule has 2 aromatic rings. The van der Waals surface area contributed by atoms with Crippen LogP contribution in [0.25, 0.3) is 0 Å². The minimum atomic E-state index is -0.243. The average Bonchev–Trinajstić information content (AvgIpc) is 2.40. The molecule has 20 heavy (non-hydrogen) atoms. The zero-order valence-electron chi connectivity index (χ0n) is 11.4. The molecule has 5 heteroatoms. The number of benzene rings is 2. The number of phenols is 1. The molecule has 0 aliphatic heterocycles. The molecule has 4 N–H and O–H groups in total. The van der Waals surface area contributed by atoms with Gasteiger partial charge in [-0.05, 0) is 42.5 Å². The van der Waals surface area contributed by atoms with Crippen LogP contribution in [0.3, 0.4) is 0 Å². The van der Waals surface area contributed by atoms with Gasteiger partial charge in [0, 0.05) is 25.3 Å². The van der Waals surface area contributed by atoms with Crippen molar-refractivity contribution in [2.45, 2.75) is 0 Å². The highest BCUT2D eigenvalue weighted by Gasteiger charge is 2.09. The van der Waals surface area contributed by atoms with Gasteiger partial charge in [-0.3, -0.25) is 4.79 Å². The summed E-state index contributed by atoms with van der Waals surface area (Å²) < 4.78 is 0. The second-order valence-electron chi connectivity index (χ2n) is 4.67. The summed E-state index contributed by atoms with van der Waals surface area (Å²) in [4.78, 5) is 14.0. The maximum absolute atomic E-state index is 12.1. The Morgan fingerprint density at radius 1 is 1.15 bits per heavy atom. The second-order valence-corrected chi connectivity index (χ2v) is 4.67. The van der Waals surface area contributed by atoms with E-state index in [1.807, 2.05) is 19.0 Å². The molecule has 0 bridgehead atoms. The molecule has 0 aromatic heterocycles. The summed E-state index contributed by atoms with van der Waals surface area (Å²) in [6, 6.07) is 11.5. The number of hydrogen-bond acceptors (Lipinski definition) is 4. The summed E-state index contributed by atoms with van der Waals surface area (Å²) in [5.41, 5.74) is 8.44. The SMILES string of the molecule is CN(C)c1ccc(C(=O)Nc2ccc(O)cc2)cc1N. The van der Waals surface area contributed by atoms with Crippen molar-refractivity contribution in [2.24, 2.45) is 0 Å². The predicted octanol–water partition coefficient (Wildman–Crippen LogP) is 2.29. The maximum Gasteiger partial charge on any atom is 0.255 e. The summed E-state index contributed by atoms with van der Waals surface area (Å²) in [7, 11) is 3.78. The molecule has 0 unspecified atom stereocenters. The molecule has 0 atom stereocenters. The van der Waals surface area contributed by atoms with Crippen molar-refractivity contribution in [3.63, 3.8) is 0 Å². The fraction of sp³-hybridized carbons (Fsp3) is 0.133. The Kier molecular flexibility index (Phi) is 3.79. The van der Waals surface area contributed by atoms with Crippen LogP contribution in [-0.2, 0) is 0 Å². The third kappa shape index (κ3) is 3.00. The average molecular weight is 271 g/mol. The highest BCUT2D eigenvalue weighted by Crippen LogP contribution is 2.23. The van der Waals surface area contributed by atoms with Crippen LogP contribution in [-0.4, -0.2) is 25.1 Å². The van der Waals surface area contributed by atoms with Crippen molar-refractivity contribution in [1.82, 2.24) is 0 Å². The molecule has 0 saturated carbocycles. The maximum atomic E-state index is 12.1. The number of hydrogen-bond donors (Lipinski definition) is 3. The van der Waals surface area contributed by atoms with Crippen LogP contribution in [0.4, 0.5) is 17.1 Å². The Morgan fingerprint density at radius 3 is 2.35 bits per heavy atom. The van der Waals surface area contributed by atoms with Crippen LogP contribution < -0.4 is 16.0 Å². The predicted molar refractivity (Wildman–Crippen MR) is 81.2 cm³/mol. The lowest BCUT2D eigenvalue weighted by molar-refractivity contribution is 0.102. The zero-order valence-corrected chi connectivity index (χ0v) is 11.4. The number of carbonyl (C=O) groups is 1. The third-order valence-corrected chi connectivity index (χ3v) is 2.90. The van der Waals surface area contributed by atoms with E-state index in [1.54, 1.807) is 30.3 Å². The van der Waals surface area contributed by atoms with Crippen LogP contribution in [0.1, 0.15) is 10.4 Å². The molecule has 2 aromatic carbocycles. The van der Waals surface area contributed by atoms with Gasteiger partial charge in [-0.1, -0.05) is 0 Å². The summed E-state index contributed by atoms with van der Waals surface area (Å²) in [5, 5.41) is 11.9. The Bertz CT molecular complexity index is 622. The smallest absolute Gasteiger partial charge is 0.255 e. The van der Waals surface area contributed by atoms with Gasteiger partial charge in [-0.2, -0.15) is 0 Å². The van der Waals surface area contributed by atoms with E-state index < -0.39 is 0 Å². The Labute approximate surface area is 117 Å². The lowest BCUT2D eigenvalue weighted by Gasteiger charge is -2.15. The number of rotatable bonds is 3. The number of nitrogens with zero attached hydrogens (tertiary/aromatic N) is 1. The van der Waals surface area contributed by atoms with Gasteiger partial charge in [0.2, 0.25) is 0 Å². The molecule has 0 saturated heterocycles. The van der Waals surface area contributed by atoms with Gasteiger partial charge in [0.1, 0.15) is 5.75 Å². The molecule has 0 aliphatic carbocycles. The molecular formula is C15H17N3O2. The highest BCUT2D eigenvalue weighted by atomic mass is 16.3. The van der Waals surface area contributed by atoms with Crippen LogP contribution in [0, 0.1) is 0 Å². The standard InChI is InChI=1S/C15H17N3O2/c1-18(2)14-8-3-10(9-13(14)16)15(20)17-11-4-6-12(19)7-5-11/h3-9,19H,16H2,1-2H3,(H,17,20). The van der Waals surface area contributed by atoms with Gasteiger partial charge >= 0.3 is 0 Å². The van der Waals surface area contributed by atoms with Gasteiger partial charge in [-0.25, -0.2) is 0 Å². The van der Waals surface area contributed by atoms with Gasteiger partial charge < -0.3 is 21.1 Å². The molecule has 104 valence electrons. The molecule has 2 rings (SSSR count). The topological polar surface area (TPSA) is 78.6 Å². The molecule has 0 aliphatic rings. The van der Waals surface area contributed by atoms with Gasteiger partial charge in [0.05, 0.1) is 11.4 Å². The van der Waals surface area contributed by atoms with E-state index in [0.717, 1.165) is 5.69 Å². The second kappa shape index (κ2) is 5.52. The van der Waals surface area contributed by atoms with E-state index in [4.69, 9.17) is 5.73 Å². The number of nitrogens with one attached hydrogen (secondary N) is 1. The summed E-state index contributed by atoms with van der Waals surface area (Å²) in [6.45, 7) is 0. The molecule has 0 fully saturated rings. The van der Waals surface area contributed by atoms with Gasteiger partial charge in [-0.15, -0.1) is 0 Å². The van der Waals surface area contributed by atoms with Crippen molar-refractivity contribution >= 4 is 23.0 Å². The Hall–Kier alpha value is -2.69. The molecule has 0 spiro atoms. The molecule has 0 heterocycles. The van der Waals surface area contributed by atoms with E-state index >= 15 is 0 Å². The van der Waals surface area contributed by atoms with Crippen LogP contribution in [0.5, 0.6) is 5.75 Å². The summed E-state index contributed by atoms with van der Waals surface area (Å²) in [6.07, 6.45) is 0. The summed E-state index contributed by atoms with van der Waals surface area (Å²) in [5.74, 6) is -0.0877. The summed E-state index contributed by atoms with van der Waals surface area (Å²) >= 11 is 0. The molecule has 1 amide bonds. The van der Waals surface area contributed by atoms with E-state index in [-0.39, 0.29) is 11.7 Å². The first-order valence-electron chi connectivity index (χ1n) is 6.14. The fourth-order valence-corrected chi connectivity index (χ4v) is 1.85. The third-order valence-electron chi connectivity index (χ3n) is 2.90. The number of nitrogen functional groups attached to an aromatic ring is 1. The van der Waals surface area contributed by atoms with Gasteiger partial charge in [0.25, 0.3) is 5.91 Å². The highest BCUT2D eigenvalue weighted by molar-refractivity contribution is 6.05. The molecular weight excluding hydrogens is 254 g/mol. The van der Waals surface area contributed by atoms with Crippen molar-refractivity contribution in [3.05, 3.63) is 48.0 Å². The first-order chi connectivity index (χ1) is 9.47. The number of phenolic OH excluding ortho intramolecular Hbond substituents is 1. The van der Waals surface area contributed by atoms with E-state index in [0.29, 0.717) is 16.9 Å². The molecule has 0 radical (unpaired) electrons.